The minimum atomic E-state index is -0.553. The van der Waals surface area contributed by atoms with Gasteiger partial charge in [0.05, 0.1) is 13.2 Å². The smallest absolute Gasteiger partial charge is 0.412 e. The van der Waals surface area contributed by atoms with E-state index in [-0.39, 0.29) is 6.61 Å². The number of nitrogens with zero attached hydrogens (tertiary/aromatic N) is 4. The fraction of sp³-hybridized carbons (Fsp3) is 0.267. The Bertz CT molecular complexity index is 849. The minimum absolute atomic E-state index is 0.287. The number of aromatic nitrogens is 5. The van der Waals surface area contributed by atoms with Crippen molar-refractivity contribution in [2.75, 3.05) is 18.5 Å². The van der Waals surface area contributed by atoms with Gasteiger partial charge in [0.2, 0.25) is 5.88 Å². The van der Waals surface area contributed by atoms with Crippen molar-refractivity contribution in [2.45, 2.75) is 13.8 Å². The molecule has 0 aliphatic rings. The number of amides is 1. The monoisotopic (exact) mass is 360 g/mol. The maximum absolute atomic E-state index is 11.5. The molecule has 1 amide bonds. The molecule has 3 aromatic heterocycles. The average molecular weight is 360 g/mol. The van der Waals surface area contributed by atoms with Gasteiger partial charge in [-0.2, -0.15) is 5.10 Å². The van der Waals surface area contributed by atoms with Crippen molar-refractivity contribution in [3.8, 4) is 27.2 Å². The normalized spacial score (nSPS) is 10.5. The molecule has 9 nitrogen and oxygen atoms in total. The molecular weight excluding hydrogens is 344 g/mol. The number of aromatic amines is 1. The van der Waals surface area contributed by atoms with Gasteiger partial charge in [-0.3, -0.25) is 10.4 Å². The van der Waals surface area contributed by atoms with Gasteiger partial charge in [0.15, 0.2) is 5.82 Å². The first-order chi connectivity index (χ1) is 12.2. The topological polar surface area (TPSA) is 115 Å². The van der Waals surface area contributed by atoms with Crippen molar-refractivity contribution >= 4 is 23.2 Å². The molecule has 25 heavy (non-hydrogen) atoms. The largest absolute Gasteiger partial charge is 0.477 e. The molecule has 3 heterocycles. The lowest BCUT2D eigenvalue weighted by molar-refractivity contribution is 0.168. The van der Waals surface area contributed by atoms with E-state index in [1.165, 1.54) is 17.7 Å². The molecule has 0 bridgehead atoms. The molecule has 0 aliphatic heterocycles. The molecule has 3 aromatic rings. The van der Waals surface area contributed by atoms with E-state index in [2.05, 4.69) is 30.5 Å². The van der Waals surface area contributed by atoms with E-state index in [0.29, 0.717) is 29.1 Å². The molecule has 0 aliphatic carbocycles. The molecule has 0 atom stereocenters. The van der Waals surface area contributed by atoms with Gasteiger partial charge >= 0.3 is 6.09 Å². The van der Waals surface area contributed by atoms with Crippen molar-refractivity contribution in [2.24, 2.45) is 0 Å². The van der Waals surface area contributed by atoms with Crippen LogP contribution in [0.4, 0.5) is 10.6 Å². The summed E-state index contributed by atoms with van der Waals surface area (Å²) < 4.78 is 10.4. The molecule has 10 heteroatoms. The lowest BCUT2D eigenvalue weighted by atomic mass is 10.3. The highest BCUT2D eigenvalue weighted by atomic mass is 32.1. The van der Waals surface area contributed by atoms with Gasteiger partial charge in [-0.1, -0.05) is 0 Å². The molecule has 0 saturated heterocycles. The van der Waals surface area contributed by atoms with Crippen molar-refractivity contribution in [1.29, 1.82) is 0 Å². The standard InChI is InChI=1S/C15H16N6O3S/c1-3-23-13-11(12-17-8-18-21-12)25-14(20-13)9-5-6-16-10(7-9)19-15(22)24-4-2/h5-8H,3-4H2,1-2H3,(H,16,19,22)(H,17,18,21). The van der Waals surface area contributed by atoms with Crippen molar-refractivity contribution < 1.29 is 14.3 Å². The Morgan fingerprint density at radius 3 is 2.92 bits per heavy atom. The summed E-state index contributed by atoms with van der Waals surface area (Å²) >= 11 is 1.40. The number of hydrogen-bond donors (Lipinski definition) is 2. The summed E-state index contributed by atoms with van der Waals surface area (Å²) in [6, 6.07) is 3.51. The van der Waals surface area contributed by atoms with E-state index >= 15 is 0 Å². The van der Waals surface area contributed by atoms with E-state index in [0.717, 1.165) is 10.4 Å². The Kier molecular flexibility index (Phi) is 5.19. The number of hydrogen-bond acceptors (Lipinski definition) is 8. The predicted molar refractivity (Wildman–Crippen MR) is 92.5 cm³/mol. The van der Waals surface area contributed by atoms with Crippen LogP contribution in [0.2, 0.25) is 0 Å². The number of thiazole rings is 1. The first-order valence-corrected chi connectivity index (χ1v) is 8.42. The molecule has 3 rings (SSSR count). The van der Waals surface area contributed by atoms with Crippen LogP contribution in [0.25, 0.3) is 21.3 Å². The third-order valence-corrected chi connectivity index (χ3v) is 4.09. The van der Waals surface area contributed by atoms with Crippen LogP contribution in [0, 0.1) is 0 Å². The quantitative estimate of drug-likeness (QED) is 0.694. The number of nitrogens with one attached hydrogen (secondary N) is 2. The minimum Gasteiger partial charge on any atom is -0.477 e. The number of H-pyrrole nitrogens is 1. The number of rotatable bonds is 6. The lowest BCUT2D eigenvalue weighted by Crippen LogP contribution is -2.14. The van der Waals surface area contributed by atoms with Gasteiger partial charge in [0, 0.05) is 11.8 Å². The van der Waals surface area contributed by atoms with Crippen molar-refractivity contribution in [3.63, 3.8) is 0 Å². The van der Waals surface area contributed by atoms with Crippen LogP contribution in [0.5, 0.6) is 5.88 Å². The number of pyridine rings is 1. The first-order valence-electron chi connectivity index (χ1n) is 7.61. The summed E-state index contributed by atoms with van der Waals surface area (Å²) in [6.45, 7) is 4.38. The molecule has 0 saturated carbocycles. The Labute approximate surface area is 147 Å². The first kappa shape index (κ1) is 16.8. The molecule has 130 valence electrons. The summed E-state index contributed by atoms with van der Waals surface area (Å²) in [7, 11) is 0. The number of ether oxygens (including phenoxy) is 2. The van der Waals surface area contributed by atoms with Gasteiger partial charge in [-0.15, -0.1) is 11.3 Å². The van der Waals surface area contributed by atoms with Gasteiger partial charge in [0.1, 0.15) is 22.0 Å². The second-order valence-electron chi connectivity index (χ2n) is 4.68. The summed E-state index contributed by atoms with van der Waals surface area (Å²) in [4.78, 5) is 25.0. The van der Waals surface area contributed by atoms with Crippen LogP contribution in [0.3, 0.4) is 0 Å². The molecule has 0 aromatic carbocycles. The van der Waals surface area contributed by atoms with Crippen LogP contribution in [-0.4, -0.2) is 44.5 Å². The van der Waals surface area contributed by atoms with Crippen LogP contribution >= 0.6 is 11.3 Å². The molecule has 0 spiro atoms. The van der Waals surface area contributed by atoms with E-state index in [9.17, 15) is 4.79 Å². The second kappa shape index (κ2) is 7.71. The summed E-state index contributed by atoms with van der Waals surface area (Å²) in [5, 5.41) is 10.0. The number of carbonyl (C=O) groups is 1. The molecule has 0 radical (unpaired) electrons. The van der Waals surface area contributed by atoms with Crippen LogP contribution in [0.15, 0.2) is 24.7 Å². The second-order valence-corrected chi connectivity index (χ2v) is 5.68. The Balaban J connectivity index is 1.91. The highest BCUT2D eigenvalue weighted by Gasteiger charge is 2.18. The van der Waals surface area contributed by atoms with Gasteiger partial charge in [-0.05, 0) is 26.0 Å². The van der Waals surface area contributed by atoms with Crippen LogP contribution in [-0.2, 0) is 4.74 Å². The Morgan fingerprint density at radius 2 is 2.20 bits per heavy atom. The summed E-state index contributed by atoms with van der Waals surface area (Å²) in [5.74, 6) is 1.37. The highest BCUT2D eigenvalue weighted by molar-refractivity contribution is 7.18. The lowest BCUT2D eigenvalue weighted by Gasteiger charge is -2.05. The van der Waals surface area contributed by atoms with Crippen LogP contribution in [0.1, 0.15) is 13.8 Å². The maximum Gasteiger partial charge on any atom is 0.412 e. The Morgan fingerprint density at radius 1 is 1.32 bits per heavy atom. The molecule has 0 unspecified atom stereocenters. The fourth-order valence-electron chi connectivity index (χ4n) is 2.03. The number of carbonyl (C=O) groups excluding carboxylic acids is 1. The summed E-state index contributed by atoms with van der Waals surface area (Å²) in [6.07, 6.45) is 2.53. The van der Waals surface area contributed by atoms with Crippen molar-refractivity contribution in [1.82, 2.24) is 25.1 Å². The van der Waals surface area contributed by atoms with Gasteiger partial charge in [-0.25, -0.2) is 19.7 Å². The maximum atomic E-state index is 11.5. The van der Waals surface area contributed by atoms with Gasteiger partial charge in [0.25, 0.3) is 0 Å². The van der Waals surface area contributed by atoms with E-state index in [1.54, 1.807) is 25.3 Å². The number of anilines is 1. The zero-order valence-corrected chi connectivity index (χ0v) is 14.5. The Hall–Kier alpha value is -3.01. The fourth-order valence-corrected chi connectivity index (χ4v) is 2.98. The zero-order valence-electron chi connectivity index (χ0n) is 13.6. The molecule has 0 fully saturated rings. The van der Waals surface area contributed by atoms with E-state index in [1.807, 2.05) is 6.92 Å². The average Bonchev–Trinajstić information content (AvgIpc) is 3.25. The van der Waals surface area contributed by atoms with E-state index in [4.69, 9.17) is 9.47 Å². The van der Waals surface area contributed by atoms with Crippen LogP contribution < -0.4 is 10.1 Å². The van der Waals surface area contributed by atoms with Gasteiger partial charge < -0.3 is 9.47 Å². The predicted octanol–water partition coefficient (Wildman–Crippen LogP) is 2.96. The zero-order chi connectivity index (χ0) is 17.6. The molecule has 2 N–H and O–H groups in total. The van der Waals surface area contributed by atoms with Crippen molar-refractivity contribution in [3.05, 3.63) is 24.7 Å². The highest BCUT2D eigenvalue weighted by Crippen LogP contribution is 2.38. The molecular formula is C15H16N6O3S. The summed E-state index contributed by atoms with van der Waals surface area (Å²) in [5.41, 5.74) is 0.787. The SMILES string of the molecule is CCOC(=O)Nc1cc(-c2nc(OCC)c(-c3nc[nH]n3)s2)ccn1. The van der Waals surface area contributed by atoms with E-state index < -0.39 is 6.09 Å². The third-order valence-electron chi connectivity index (χ3n) is 3.01. The third kappa shape index (κ3) is 3.91.